The fraction of sp³-hybridized carbons (Fsp3) is 0.793. The summed E-state index contributed by atoms with van der Waals surface area (Å²) in [7, 11) is 0. The van der Waals surface area contributed by atoms with Crippen LogP contribution in [0.4, 0.5) is 0 Å². The largest absolute Gasteiger partial charge is 0.493 e. The zero-order valence-corrected chi connectivity index (χ0v) is 21.1. The van der Waals surface area contributed by atoms with E-state index in [4.69, 9.17) is 16.3 Å². The second kappa shape index (κ2) is 13.8. The molecular weight excluding hydrogens is 400 g/mol. The minimum atomic E-state index is 0.413. The van der Waals surface area contributed by atoms with Gasteiger partial charge < -0.3 is 4.74 Å². The summed E-state index contributed by atoms with van der Waals surface area (Å²) in [5.74, 6) is 4.37. The topological polar surface area (TPSA) is 9.23 Å². The highest BCUT2D eigenvalue weighted by Crippen LogP contribution is 2.39. The van der Waals surface area contributed by atoms with Crippen LogP contribution in [0.2, 0.25) is 0 Å². The first-order valence-electron chi connectivity index (χ1n) is 13.5. The maximum absolute atomic E-state index is 6.92. The van der Waals surface area contributed by atoms with Gasteiger partial charge in [-0.05, 0) is 86.3 Å². The van der Waals surface area contributed by atoms with Crippen LogP contribution in [0.5, 0.6) is 5.75 Å². The Morgan fingerprint density at radius 3 is 2.10 bits per heavy atom. The molecule has 0 aliphatic heterocycles. The van der Waals surface area contributed by atoms with E-state index in [2.05, 4.69) is 38.1 Å². The number of hydrogen-bond acceptors (Lipinski definition) is 1. The van der Waals surface area contributed by atoms with Gasteiger partial charge in [-0.3, -0.25) is 0 Å². The average molecular weight is 447 g/mol. The molecule has 2 heteroatoms. The Morgan fingerprint density at radius 1 is 0.806 bits per heavy atom. The summed E-state index contributed by atoms with van der Waals surface area (Å²) in [5, 5.41) is 0.413. The predicted molar refractivity (Wildman–Crippen MR) is 135 cm³/mol. The quantitative estimate of drug-likeness (QED) is 0.229. The van der Waals surface area contributed by atoms with E-state index in [0.29, 0.717) is 5.38 Å². The van der Waals surface area contributed by atoms with E-state index in [-0.39, 0.29) is 0 Å². The van der Waals surface area contributed by atoms with Gasteiger partial charge in [0.25, 0.3) is 0 Å². The molecule has 176 valence electrons. The van der Waals surface area contributed by atoms with E-state index in [0.717, 1.165) is 36.0 Å². The summed E-state index contributed by atoms with van der Waals surface area (Å²) in [4.78, 5) is 0. The third-order valence-corrected chi connectivity index (χ3v) is 8.64. The molecule has 2 aliphatic carbocycles. The second-order valence-electron chi connectivity index (χ2n) is 10.6. The van der Waals surface area contributed by atoms with Crippen LogP contribution >= 0.6 is 11.6 Å². The van der Waals surface area contributed by atoms with E-state index < -0.39 is 0 Å². The van der Waals surface area contributed by atoms with Gasteiger partial charge in [0, 0.05) is 5.38 Å². The van der Waals surface area contributed by atoms with Crippen molar-refractivity contribution in [2.24, 2.45) is 23.7 Å². The smallest absolute Gasteiger partial charge is 0.119 e. The molecule has 0 bridgehead atoms. The van der Waals surface area contributed by atoms with Crippen molar-refractivity contribution in [3.05, 3.63) is 29.8 Å². The Kier molecular flexibility index (Phi) is 11.1. The predicted octanol–water partition coefficient (Wildman–Crippen LogP) is 9.21. The molecule has 0 aromatic heterocycles. The number of hydrogen-bond donors (Lipinski definition) is 0. The molecule has 1 aromatic rings. The van der Waals surface area contributed by atoms with Crippen molar-refractivity contribution in [1.82, 2.24) is 0 Å². The third-order valence-electron chi connectivity index (χ3n) is 8.10. The van der Waals surface area contributed by atoms with E-state index in [1.54, 1.807) is 0 Å². The van der Waals surface area contributed by atoms with E-state index in [9.17, 15) is 0 Å². The van der Waals surface area contributed by atoms with Crippen LogP contribution in [0.25, 0.3) is 0 Å². The maximum atomic E-state index is 6.92. The lowest BCUT2D eigenvalue weighted by Crippen LogP contribution is -2.26. The summed E-state index contributed by atoms with van der Waals surface area (Å²) in [5.41, 5.74) is 1.44. The lowest BCUT2D eigenvalue weighted by atomic mass is 9.75. The third kappa shape index (κ3) is 8.64. The van der Waals surface area contributed by atoms with Crippen molar-refractivity contribution in [1.29, 1.82) is 0 Å². The Hall–Kier alpha value is -0.690. The van der Waals surface area contributed by atoms with Gasteiger partial charge >= 0.3 is 0 Å². The van der Waals surface area contributed by atoms with Gasteiger partial charge in [0.2, 0.25) is 0 Å². The molecule has 0 amide bonds. The number of benzene rings is 1. The van der Waals surface area contributed by atoms with Crippen LogP contribution in [0.1, 0.15) is 109 Å². The zero-order valence-electron chi connectivity index (χ0n) is 20.3. The SMILES string of the molecule is CCCCCc1ccc(OC[C@H]2CC[C@H](CC(Cl)[C@H]3CC[C@H](CCC)CC3)CC2)cc1. The molecule has 2 fully saturated rings. The summed E-state index contributed by atoms with van der Waals surface area (Å²) < 4.78 is 6.14. The molecule has 31 heavy (non-hydrogen) atoms. The normalized spacial score (nSPS) is 27.7. The zero-order chi connectivity index (χ0) is 21.9. The summed E-state index contributed by atoms with van der Waals surface area (Å²) >= 11 is 6.92. The molecule has 1 aromatic carbocycles. The molecule has 0 spiro atoms. The van der Waals surface area contributed by atoms with Crippen LogP contribution in [0.15, 0.2) is 24.3 Å². The van der Waals surface area contributed by atoms with Gasteiger partial charge in [-0.15, -0.1) is 11.6 Å². The number of alkyl halides is 1. The van der Waals surface area contributed by atoms with Crippen molar-refractivity contribution in [2.45, 2.75) is 116 Å². The number of aryl methyl sites for hydroxylation is 1. The molecule has 0 heterocycles. The van der Waals surface area contributed by atoms with E-state index >= 15 is 0 Å². The highest BCUT2D eigenvalue weighted by atomic mass is 35.5. The van der Waals surface area contributed by atoms with Crippen molar-refractivity contribution < 1.29 is 4.74 Å². The molecule has 1 unspecified atom stereocenters. The molecule has 0 N–H and O–H groups in total. The minimum absolute atomic E-state index is 0.413. The Morgan fingerprint density at radius 2 is 1.45 bits per heavy atom. The maximum Gasteiger partial charge on any atom is 0.119 e. The standard InChI is InChI=1S/C29H47ClO/c1-3-5-6-8-24-15-19-28(20-16-24)31-22-26-11-9-25(10-12-26)21-29(30)27-17-13-23(7-4-2)14-18-27/h15-16,19-20,23,25-27,29H,3-14,17-18,21-22H2,1-2H3/t23-,25-,26-,27-,29?. The van der Waals surface area contributed by atoms with Crippen LogP contribution in [-0.2, 0) is 6.42 Å². The molecule has 0 saturated heterocycles. The van der Waals surface area contributed by atoms with Gasteiger partial charge in [0.1, 0.15) is 5.75 Å². The van der Waals surface area contributed by atoms with Crippen LogP contribution in [0.3, 0.4) is 0 Å². The van der Waals surface area contributed by atoms with Crippen molar-refractivity contribution in [2.75, 3.05) is 6.61 Å². The van der Waals surface area contributed by atoms with Crippen LogP contribution in [-0.4, -0.2) is 12.0 Å². The van der Waals surface area contributed by atoms with Gasteiger partial charge in [-0.2, -0.15) is 0 Å². The monoisotopic (exact) mass is 446 g/mol. The lowest BCUT2D eigenvalue weighted by Gasteiger charge is -2.34. The summed E-state index contributed by atoms with van der Waals surface area (Å²) in [6, 6.07) is 8.83. The number of rotatable bonds is 12. The molecule has 1 nitrogen and oxygen atoms in total. The highest BCUT2D eigenvalue weighted by molar-refractivity contribution is 6.20. The van der Waals surface area contributed by atoms with E-state index in [1.807, 2.05) is 0 Å². The minimum Gasteiger partial charge on any atom is -0.493 e. The highest BCUT2D eigenvalue weighted by Gasteiger charge is 2.29. The first-order valence-corrected chi connectivity index (χ1v) is 14.0. The first kappa shape index (κ1) is 24.9. The molecule has 2 aliphatic rings. The number of unbranched alkanes of at least 4 members (excludes halogenated alkanes) is 2. The number of halogens is 1. The Bertz CT molecular complexity index is 581. The average Bonchev–Trinajstić information content (AvgIpc) is 2.80. The Labute approximate surface area is 197 Å². The fourth-order valence-electron chi connectivity index (χ4n) is 5.94. The molecule has 1 atom stereocenters. The van der Waals surface area contributed by atoms with Crippen LogP contribution in [0, 0.1) is 23.7 Å². The van der Waals surface area contributed by atoms with E-state index in [1.165, 1.54) is 102 Å². The van der Waals surface area contributed by atoms with Crippen LogP contribution < -0.4 is 4.74 Å². The molecular formula is C29H47ClO. The lowest BCUT2D eigenvalue weighted by molar-refractivity contribution is 0.170. The van der Waals surface area contributed by atoms with Crippen molar-refractivity contribution >= 4 is 11.6 Å². The fourth-order valence-corrected chi connectivity index (χ4v) is 6.44. The molecule has 2 saturated carbocycles. The van der Waals surface area contributed by atoms with Gasteiger partial charge in [-0.1, -0.05) is 77.3 Å². The van der Waals surface area contributed by atoms with Crippen molar-refractivity contribution in [3.63, 3.8) is 0 Å². The Balaban J connectivity index is 1.30. The van der Waals surface area contributed by atoms with Gasteiger partial charge in [-0.25, -0.2) is 0 Å². The first-order chi connectivity index (χ1) is 15.2. The van der Waals surface area contributed by atoms with Crippen molar-refractivity contribution in [3.8, 4) is 5.75 Å². The summed E-state index contributed by atoms with van der Waals surface area (Å²) in [6.45, 7) is 5.47. The van der Waals surface area contributed by atoms with Gasteiger partial charge in [0.05, 0.1) is 6.61 Å². The molecule has 0 radical (unpaired) electrons. The summed E-state index contributed by atoms with van der Waals surface area (Å²) in [6.07, 6.45) is 20.0. The second-order valence-corrected chi connectivity index (χ2v) is 11.2. The number of ether oxygens (including phenoxy) is 1. The van der Waals surface area contributed by atoms with Gasteiger partial charge in [0.15, 0.2) is 0 Å². The molecule has 3 rings (SSSR count).